The lowest BCUT2D eigenvalue weighted by Crippen LogP contribution is -2.30. The molecular formula is C25H25N5O4. The Morgan fingerprint density at radius 3 is 2.74 bits per heavy atom. The van der Waals surface area contributed by atoms with Crippen molar-refractivity contribution in [2.75, 3.05) is 13.2 Å². The second-order valence-electron chi connectivity index (χ2n) is 9.79. The molecule has 1 atom stereocenters. The summed E-state index contributed by atoms with van der Waals surface area (Å²) in [5, 5.41) is 15.1. The number of carbonyl (C=O) groups is 1. The highest BCUT2D eigenvalue weighted by atomic mass is 16.7. The van der Waals surface area contributed by atoms with Crippen molar-refractivity contribution in [2.45, 2.75) is 45.0 Å². The number of ketones is 1. The summed E-state index contributed by atoms with van der Waals surface area (Å²) in [6.07, 6.45) is -0.130. The first-order chi connectivity index (χ1) is 16.2. The Morgan fingerprint density at radius 1 is 1.15 bits per heavy atom. The van der Waals surface area contributed by atoms with Crippen molar-refractivity contribution < 1.29 is 19.0 Å². The van der Waals surface area contributed by atoms with Gasteiger partial charge < -0.3 is 19.2 Å². The molecule has 1 aliphatic carbocycles. The molecule has 1 unspecified atom stereocenters. The summed E-state index contributed by atoms with van der Waals surface area (Å²) >= 11 is 0. The van der Waals surface area contributed by atoms with E-state index in [1.54, 1.807) is 0 Å². The summed E-state index contributed by atoms with van der Waals surface area (Å²) in [4.78, 5) is 17.1. The van der Waals surface area contributed by atoms with Crippen LogP contribution in [0.5, 0.6) is 5.75 Å². The first-order valence-corrected chi connectivity index (χ1v) is 11.3. The Hall–Kier alpha value is -3.56. The predicted molar refractivity (Wildman–Crippen MR) is 124 cm³/mol. The minimum atomic E-state index is -0.589. The third-order valence-electron chi connectivity index (χ3n) is 6.67. The number of aromatic amines is 2. The molecule has 0 spiro atoms. The van der Waals surface area contributed by atoms with Crippen molar-refractivity contribution in [2.24, 2.45) is 0 Å². The van der Waals surface area contributed by atoms with Crippen LogP contribution in [0, 0.1) is 0 Å². The third-order valence-corrected chi connectivity index (χ3v) is 6.67. The topological polar surface area (TPSA) is 115 Å². The van der Waals surface area contributed by atoms with Gasteiger partial charge in [0.15, 0.2) is 11.6 Å². The van der Waals surface area contributed by atoms with Gasteiger partial charge in [0.05, 0.1) is 12.2 Å². The molecule has 174 valence electrons. The molecular weight excluding hydrogens is 434 g/mol. The van der Waals surface area contributed by atoms with Gasteiger partial charge in [0.1, 0.15) is 18.5 Å². The molecule has 4 aromatic rings. The molecule has 0 radical (unpaired) electrons. The van der Waals surface area contributed by atoms with Crippen LogP contribution in [-0.2, 0) is 14.9 Å². The zero-order chi connectivity index (χ0) is 23.7. The van der Waals surface area contributed by atoms with Crippen molar-refractivity contribution in [1.82, 2.24) is 25.6 Å². The van der Waals surface area contributed by atoms with Crippen LogP contribution in [0.4, 0.5) is 0 Å². The molecule has 34 heavy (non-hydrogen) atoms. The van der Waals surface area contributed by atoms with E-state index in [9.17, 15) is 4.79 Å². The Bertz CT molecular complexity index is 1420. The van der Waals surface area contributed by atoms with Crippen molar-refractivity contribution in [3.63, 3.8) is 0 Å². The SMILES string of the molecule is CC1(C)OCC(COc2ccc3c(c2)C(C)(C)c2[nH]c4cc(-c5nn[nH]n5)ccc4c2C3=O)O1. The number of hydrogen-bond donors (Lipinski definition) is 2. The Labute approximate surface area is 195 Å². The summed E-state index contributed by atoms with van der Waals surface area (Å²) in [7, 11) is 0. The number of hydrogen-bond acceptors (Lipinski definition) is 7. The van der Waals surface area contributed by atoms with E-state index in [4.69, 9.17) is 14.2 Å². The Morgan fingerprint density at radius 2 is 2.00 bits per heavy atom. The molecule has 9 nitrogen and oxygen atoms in total. The lowest BCUT2D eigenvalue weighted by atomic mass is 9.71. The quantitative estimate of drug-likeness (QED) is 0.478. The predicted octanol–water partition coefficient (Wildman–Crippen LogP) is 3.75. The van der Waals surface area contributed by atoms with Crippen molar-refractivity contribution >= 4 is 16.7 Å². The minimum absolute atomic E-state index is 0.00344. The zero-order valence-corrected chi connectivity index (χ0v) is 19.4. The number of benzene rings is 2. The van der Waals surface area contributed by atoms with Crippen LogP contribution in [0.1, 0.15) is 54.9 Å². The summed E-state index contributed by atoms with van der Waals surface area (Å²) in [5.74, 6) is 0.620. The van der Waals surface area contributed by atoms with E-state index >= 15 is 0 Å². The van der Waals surface area contributed by atoms with E-state index in [0.717, 1.165) is 27.7 Å². The second kappa shape index (κ2) is 7.22. The molecule has 0 amide bonds. The van der Waals surface area contributed by atoms with E-state index in [2.05, 4.69) is 39.5 Å². The van der Waals surface area contributed by atoms with Crippen LogP contribution in [-0.4, -0.2) is 56.5 Å². The normalized spacial score (nSPS) is 20.4. The van der Waals surface area contributed by atoms with Gasteiger partial charge in [0, 0.05) is 33.1 Å². The number of tetrazole rings is 1. The molecule has 2 aliphatic rings. The number of fused-ring (bicyclic) bond motifs is 4. The van der Waals surface area contributed by atoms with Gasteiger partial charge in [-0.3, -0.25) is 4.79 Å². The Balaban J connectivity index is 1.35. The number of H-pyrrole nitrogens is 2. The van der Waals surface area contributed by atoms with E-state index in [0.29, 0.717) is 35.9 Å². The molecule has 0 saturated carbocycles. The van der Waals surface area contributed by atoms with E-state index < -0.39 is 11.2 Å². The Kier molecular flexibility index (Phi) is 4.46. The second-order valence-corrected chi connectivity index (χ2v) is 9.79. The summed E-state index contributed by atoms with van der Waals surface area (Å²) in [6, 6.07) is 11.5. The molecule has 2 N–H and O–H groups in total. The fraction of sp³-hybridized carbons (Fsp3) is 0.360. The molecule has 1 fully saturated rings. The van der Waals surface area contributed by atoms with Gasteiger partial charge in [-0.2, -0.15) is 5.21 Å². The average molecular weight is 460 g/mol. The van der Waals surface area contributed by atoms with Crippen molar-refractivity contribution in [3.8, 4) is 17.1 Å². The van der Waals surface area contributed by atoms with E-state index in [1.165, 1.54) is 0 Å². The van der Waals surface area contributed by atoms with Gasteiger partial charge in [-0.1, -0.05) is 26.0 Å². The zero-order valence-electron chi connectivity index (χ0n) is 19.4. The van der Waals surface area contributed by atoms with Gasteiger partial charge in [0.25, 0.3) is 0 Å². The number of nitrogens with one attached hydrogen (secondary N) is 2. The van der Waals surface area contributed by atoms with E-state index in [-0.39, 0.29) is 11.9 Å². The van der Waals surface area contributed by atoms with Gasteiger partial charge in [-0.05, 0) is 48.9 Å². The molecule has 1 saturated heterocycles. The van der Waals surface area contributed by atoms with Crippen LogP contribution in [0.25, 0.3) is 22.3 Å². The van der Waals surface area contributed by atoms with Crippen LogP contribution < -0.4 is 4.74 Å². The highest BCUT2D eigenvalue weighted by Gasteiger charge is 2.40. The largest absolute Gasteiger partial charge is 0.491 e. The summed E-state index contributed by atoms with van der Waals surface area (Å²) < 4.78 is 17.5. The summed E-state index contributed by atoms with van der Waals surface area (Å²) in [5.41, 5.74) is 4.46. The maximum absolute atomic E-state index is 13.6. The fourth-order valence-electron chi connectivity index (χ4n) is 4.96. The molecule has 2 aromatic heterocycles. The van der Waals surface area contributed by atoms with Gasteiger partial charge in [0.2, 0.25) is 5.82 Å². The maximum atomic E-state index is 13.6. The lowest BCUT2D eigenvalue weighted by Gasteiger charge is -2.32. The number of aromatic nitrogens is 5. The third kappa shape index (κ3) is 3.23. The maximum Gasteiger partial charge on any atom is 0.204 e. The highest BCUT2D eigenvalue weighted by molar-refractivity contribution is 6.20. The highest BCUT2D eigenvalue weighted by Crippen LogP contribution is 2.45. The average Bonchev–Trinajstić information content (AvgIpc) is 3.54. The summed E-state index contributed by atoms with van der Waals surface area (Å²) in [6.45, 7) is 8.89. The van der Waals surface area contributed by atoms with Crippen LogP contribution in [0.15, 0.2) is 36.4 Å². The number of nitrogens with zero attached hydrogens (tertiary/aromatic N) is 3. The number of carbonyl (C=O) groups excluding carboxylic acids is 1. The lowest BCUT2D eigenvalue weighted by molar-refractivity contribution is -0.141. The monoisotopic (exact) mass is 459 g/mol. The first kappa shape index (κ1) is 21.0. The number of ether oxygens (including phenoxy) is 3. The van der Waals surface area contributed by atoms with Gasteiger partial charge >= 0.3 is 0 Å². The minimum Gasteiger partial charge on any atom is -0.491 e. The van der Waals surface area contributed by atoms with Crippen LogP contribution >= 0.6 is 0 Å². The molecule has 9 heteroatoms. The van der Waals surface area contributed by atoms with Crippen LogP contribution in [0.2, 0.25) is 0 Å². The van der Waals surface area contributed by atoms with Crippen LogP contribution in [0.3, 0.4) is 0 Å². The van der Waals surface area contributed by atoms with Crippen molar-refractivity contribution in [3.05, 3.63) is 58.8 Å². The number of rotatable bonds is 4. The standard InChI is InChI=1S/C25H25N5O4/c1-24(2)18-10-14(32-11-15-12-33-25(3,4)34-15)6-8-16(18)21(31)20-17-7-5-13(23-27-29-30-28-23)9-19(17)26-22(20)24/h5-10,15,26H,11-12H2,1-4H3,(H,27,28,29,30). The molecule has 0 bridgehead atoms. The molecule has 3 heterocycles. The van der Waals surface area contributed by atoms with Gasteiger partial charge in [-0.15, -0.1) is 10.2 Å². The fourth-order valence-corrected chi connectivity index (χ4v) is 4.96. The molecule has 1 aliphatic heterocycles. The smallest absolute Gasteiger partial charge is 0.204 e. The first-order valence-electron chi connectivity index (χ1n) is 11.3. The van der Waals surface area contributed by atoms with Crippen molar-refractivity contribution in [1.29, 1.82) is 0 Å². The molecule has 6 rings (SSSR count). The van der Waals surface area contributed by atoms with Gasteiger partial charge in [-0.25, -0.2) is 0 Å². The van der Waals surface area contributed by atoms with E-state index in [1.807, 2.05) is 50.2 Å². The molecule has 2 aromatic carbocycles.